The number of ether oxygens (including phenoxy) is 3. The Balaban J connectivity index is 1.32. The highest BCUT2D eigenvalue weighted by Gasteiger charge is 2.10. The maximum atomic E-state index is 12.1. The van der Waals surface area contributed by atoms with Gasteiger partial charge >= 0.3 is 5.97 Å². The number of benzene rings is 3. The summed E-state index contributed by atoms with van der Waals surface area (Å²) in [6, 6.07) is 23.1. The summed E-state index contributed by atoms with van der Waals surface area (Å²) in [4.78, 5) is 35.7. The number of methoxy groups -OCH3 is 1. The molecule has 0 bridgehead atoms. The summed E-state index contributed by atoms with van der Waals surface area (Å²) in [5.74, 6) is 0.864. The maximum absolute atomic E-state index is 12.1. The van der Waals surface area contributed by atoms with Gasteiger partial charge in [-0.3, -0.25) is 14.4 Å². The molecular weight excluding hydrogens is 436 g/mol. The van der Waals surface area contributed by atoms with Crippen LogP contribution in [0.5, 0.6) is 17.2 Å². The molecule has 3 rings (SSSR count). The molecule has 2 amide bonds. The number of anilines is 2. The van der Waals surface area contributed by atoms with Crippen LogP contribution in [0.2, 0.25) is 0 Å². The molecular formula is C26H26N2O6. The van der Waals surface area contributed by atoms with Crippen molar-refractivity contribution in [2.45, 2.75) is 19.3 Å². The van der Waals surface area contributed by atoms with E-state index in [9.17, 15) is 14.4 Å². The van der Waals surface area contributed by atoms with Gasteiger partial charge in [-0.25, -0.2) is 0 Å². The Labute approximate surface area is 197 Å². The Bertz CT molecular complexity index is 1080. The van der Waals surface area contributed by atoms with E-state index in [0.29, 0.717) is 29.3 Å². The second-order valence-electron chi connectivity index (χ2n) is 7.28. The van der Waals surface area contributed by atoms with Crippen molar-refractivity contribution in [3.05, 3.63) is 78.9 Å². The van der Waals surface area contributed by atoms with Gasteiger partial charge in [0.05, 0.1) is 7.11 Å². The van der Waals surface area contributed by atoms with Crippen molar-refractivity contribution < 1.29 is 28.6 Å². The Morgan fingerprint density at radius 2 is 1.24 bits per heavy atom. The van der Waals surface area contributed by atoms with Gasteiger partial charge in [-0.05, 0) is 67.1 Å². The van der Waals surface area contributed by atoms with E-state index in [1.807, 2.05) is 6.07 Å². The largest absolute Gasteiger partial charge is 0.497 e. The SMILES string of the molecule is COc1ccc(Oc2ccc(NC(=O)CCCC(=O)OCC(=O)Nc3ccccc3)cc2)cc1. The minimum absolute atomic E-state index is 0.0423. The predicted octanol–water partition coefficient (Wildman–Crippen LogP) is 4.78. The third-order valence-corrected chi connectivity index (χ3v) is 4.64. The van der Waals surface area contributed by atoms with E-state index in [1.54, 1.807) is 79.9 Å². The monoisotopic (exact) mass is 462 g/mol. The van der Waals surface area contributed by atoms with Crippen molar-refractivity contribution in [3.63, 3.8) is 0 Å². The normalized spacial score (nSPS) is 10.1. The summed E-state index contributed by atoms with van der Waals surface area (Å²) < 4.78 is 15.8. The molecule has 0 heterocycles. The second kappa shape index (κ2) is 12.6. The highest BCUT2D eigenvalue weighted by molar-refractivity contribution is 5.93. The fraction of sp³-hybridized carbons (Fsp3) is 0.192. The summed E-state index contributed by atoms with van der Waals surface area (Å²) in [7, 11) is 1.60. The fourth-order valence-corrected chi connectivity index (χ4v) is 2.94. The predicted molar refractivity (Wildman–Crippen MR) is 128 cm³/mol. The number of esters is 1. The molecule has 0 unspecified atom stereocenters. The quantitative estimate of drug-likeness (QED) is 0.398. The number of rotatable bonds is 11. The van der Waals surface area contributed by atoms with E-state index in [4.69, 9.17) is 14.2 Å². The molecule has 8 heteroatoms. The lowest BCUT2D eigenvalue weighted by molar-refractivity contribution is -0.147. The molecule has 0 aliphatic rings. The molecule has 0 saturated heterocycles. The molecule has 0 aliphatic heterocycles. The first-order valence-electron chi connectivity index (χ1n) is 10.7. The Morgan fingerprint density at radius 3 is 1.88 bits per heavy atom. The van der Waals surface area contributed by atoms with E-state index >= 15 is 0 Å². The van der Waals surface area contributed by atoms with E-state index in [0.717, 1.165) is 5.75 Å². The average molecular weight is 463 g/mol. The van der Waals surface area contributed by atoms with E-state index in [-0.39, 0.29) is 25.4 Å². The molecule has 34 heavy (non-hydrogen) atoms. The van der Waals surface area contributed by atoms with Gasteiger partial charge in [0.2, 0.25) is 5.91 Å². The van der Waals surface area contributed by atoms with Crippen LogP contribution in [-0.2, 0) is 19.1 Å². The van der Waals surface area contributed by atoms with Crippen molar-refractivity contribution >= 4 is 29.2 Å². The molecule has 0 aliphatic carbocycles. The summed E-state index contributed by atoms with van der Waals surface area (Å²) in [5, 5.41) is 5.40. The Morgan fingerprint density at radius 1 is 0.676 bits per heavy atom. The van der Waals surface area contributed by atoms with Gasteiger partial charge in [-0.15, -0.1) is 0 Å². The maximum Gasteiger partial charge on any atom is 0.306 e. The number of carbonyl (C=O) groups is 3. The highest BCUT2D eigenvalue weighted by Crippen LogP contribution is 2.25. The summed E-state index contributed by atoms with van der Waals surface area (Å²) in [6.07, 6.45) is 0.500. The number of hydrogen-bond donors (Lipinski definition) is 2. The van der Waals surface area contributed by atoms with Crippen molar-refractivity contribution in [1.29, 1.82) is 0 Å². The van der Waals surface area contributed by atoms with Gasteiger partial charge in [0, 0.05) is 24.2 Å². The van der Waals surface area contributed by atoms with E-state index in [1.165, 1.54) is 0 Å². The molecule has 0 radical (unpaired) electrons. The standard InChI is InChI=1S/C26H26N2O6/c1-32-21-14-16-23(17-15-21)34-22-12-10-20(11-13-22)27-24(29)8-5-9-26(31)33-18-25(30)28-19-6-3-2-4-7-19/h2-4,6-7,10-17H,5,8-9,18H2,1H3,(H,27,29)(H,28,30). The van der Waals surface area contributed by atoms with Crippen LogP contribution in [-0.4, -0.2) is 31.5 Å². The van der Waals surface area contributed by atoms with Crippen molar-refractivity contribution in [2.75, 3.05) is 24.4 Å². The van der Waals surface area contributed by atoms with E-state index < -0.39 is 11.9 Å². The zero-order valence-electron chi connectivity index (χ0n) is 18.8. The summed E-state index contributed by atoms with van der Waals surface area (Å²) >= 11 is 0. The van der Waals surface area contributed by atoms with Gasteiger partial charge in [-0.1, -0.05) is 18.2 Å². The van der Waals surface area contributed by atoms with Gasteiger partial charge in [0.25, 0.3) is 5.91 Å². The highest BCUT2D eigenvalue weighted by atomic mass is 16.5. The van der Waals surface area contributed by atoms with Crippen LogP contribution < -0.4 is 20.1 Å². The third kappa shape index (κ3) is 8.31. The van der Waals surface area contributed by atoms with Crippen molar-refractivity contribution in [2.24, 2.45) is 0 Å². The molecule has 0 aromatic heterocycles. The molecule has 176 valence electrons. The van der Waals surface area contributed by atoms with Crippen molar-refractivity contribution in [1.82, 2.24) is 0 Å². The molecule has 0 atom stereocenters. The minimum Gasteiger partial charge on any atom is -0.497 e. The van der Waals surface area contributed by atoms with Crippen LogP contribution in [0.1, 0.15) is 19.3 Å². The fourth-order valence-electron chi connectivity index (χ4n) is 2.94. The zero-order valence-corrected chi connectivity index (χ0v) is 18.8. The molecule has 0 spiro atoms. The molecule has 3 aromatic carbocycles. The van der Waals surface area contributed by atoms with Crippen LogP contribution in [0.3, 0.4) is 0 Å². The van der Waals surface area contributed by atoms with Crippen LogP contribution in [0, 0.1) is 0 Å². The number of carbonyl (C=O) groups excluding carboxylic acids is 3. The van der Waals surface area contributed by atoms with E-state index in [2.05, 4.69) is 10.6 Å². The second-order valence-corrected chi connectivity index (χ2v) is 7.28. The van der Waals surface area contributed by atoms with Gasteiger partial charge < -0.3 is 24.8 Å². The number of nitrogens with one attached hydrogen (secondary N) is 2. The van der Waals surface area contributed by atoms with Gasteiger partial charge in [-0.2, -0.15) is 0 Å². The lowest BCUT2D eigenvalue weighted by Gasteiger charge is -2.09. The molecule has 0 saturated carbocycles. The zero-order chi connectivity index (χ0) is 24.2. The number of para-hydroxylation sites is 1. The Hall–Kier alpha value is -4.33. The number of hydrogen-bond acceptors (Lipinski definition) is 6. The lowest BCUT2D eigenvalue weighted by Crippen LogP contribution is -2.21. The Kier molecular flexibility index (Phi) is 9.04. The molecule has 0 fully saturated rings. The van der Waals surface area contributed by atoms with Crippen LogP contribution in [0.15, 0.2) is 78.9 Å². The van der Waals surface area contributed by atoms with Crippen LogP contribution in [0.4, 0.5) is 11.4 Å². The van der Waals surface area contributed by atoms with Gasteiger partial charge in [0.15, 0.2) is 6.61 Å². The third-order valence-electron chi connectivity index (χ3n) is 4.64. The summed E-state index contributed by atoms with van der Waals surface area (Å²) in [6.45, 7) is -0.370. The van der Waals surface area contributed by atoms with Crippen LogP contribution >= 0.6 is 0 Å². The first-order valence-corrected chi connectivity index (χ1v) is 10.7. The molecule has 3 aromatic rings. The first kappa shape index (κ1) is 24.3. The van der Waals surface area contributed by atoms with Crippen molar-refractivity contribution in [3.8, 4) is 17.2 Å². The first-order chi connectivity index (χ1) is 16.5. The lowest BCUT2D eigenvalue weighted by atomic mass is 10.2. The van der Waals surface area contributed by atoms with Gasteiger partial charge in [0.1, 0.15) is 17.2 Å². The smallest absolute Gasteiger partial charge is 0.306 e. The minimum atomic E-state index is -0.531. The molecule has 2 N–H and O–H groups in total. The topological polar surface area (TPSA) is 103 Å². The summed E-state index contributed by atoms with van der Waals surface area (Å²) in [5.41, 5.74) is 1.24. The number of amides is 2. The average Bonchev–Trinajstić information content (AvgIpc) is 2.85. The molecule has 8 nitrogen and oxygen atoms in total. The van der Waals surface area contributed by atoms with Crippen LogP contribution in [0.25, 0.3) is 0 Å².